The fourth-order valence-corrected chi connectivity index (χ4v) is 3.57. The number of carbonyl (C=O) groups is 1. The highest BCUT2D eigenvalue weighted by Crippen LogP contribution is 2.32. The van der Waals surface area contributed by atoms with Gasteiger partial charge in [-0.15, -0.1) is 0 Å². The Morgan fingerprint density at radius 1 is 1.38 bits per heavy atom. The Labute approximate surface area is 141 Å². The van der Waals surface area contributed by atoms with Gasteiger partial charge in [-0.1, -0.05) is 0 Å². The Kier molecular flexibility index (Phi) is 5.20. The minimum Gasteiger partial charge on any atom is -0.383 e. The largest absolute Gasteiger partial charge is 0.383 e. The van der Waals surface area contributed by atoms with Crippen LogP contribution in [0.1, 0.15) is 54.5 Å². The molecule has 24 heavy (non-hydrogen) atoms. The van der Waals surface area contributed by atoms with E-state index in [1.165, 1.54) is 0 Å². The fraction of sp³-hybridized carbons (Fsp3) is 0.765. The summed E-state index contributed by atoms with van der Waals surface area (Å²) in [4.78, 5) is 14.8. The third kappa shape index (κ3) is 3.32. The van der Waals surface area contributed by atoms with Crippen LogP contribution in [-0.2, 0) is 22.4 Å². The first-order valence-electron chi connectivity index (χ1n) is 8.68. The van der Waals surface area contributed by atoms with Gasteiger partial charge in [0.15, 0.2) is 0 Å². The van der Waals surface area contributed by atoms with Crippen molar-refractivity contribution >= 4 is 5.91 Å². The number of amides is 1. The summed E-state index contributed by atoms with van der Waals surface area (Å²) in [5, 5.41) is 4.62. The maximum atomic E-state index is 13.4. The summed E-state index contributed by atoms with van der Waals surface area (Å²) in [6, 6.07) is 0. The summed E-state index contributed by atoms with van der Waals surface area (Å²) in [7, 11) is 1.63. The zero-order valence-corrected chi connectivity index (χ0v) is 14.6. The van der Waals surface area contributed by atoms with Crippen LogP contribution in [0.25, 0.3) is 0 Å². The lowest BCUT2D eigenvalue weighted by atomic mass is 9.98. The van der Waals surface area contributed by atoms with Crippen molar-refractivity contribution in [1.29, 1.82) is 0 Å². The molecule has 2 atom stereocenters. The van der Waals surface area contributed by atoms with E-state index in [1.807, 2.05) is 13.8 Å². The Morgan fingerprint density at radius 3 is 2.75 bits per heavy atom. The topological polar surface area (TPSA) is 56.6 Å². The molecule has 7 heteroatoms. The number of nitrogens with zero attached hydrogens (tertiary/aromatic N) is 3. The maximum Gasteiger partial charge on any atom is 0.272 e. The molecule has 0 aliphatic carbocycles. The number of likely N-dealkylation sites (tertiary alicyclic amines) is 1. The van der Waals surface area contributed by atoms with Crippen molar-refractivity contribution in [1.82, 2.24) is 14.7 Å². The zero-order valence-electron chi connectivity index (χ0n) is 14.6. The summed E-state index contributed by atoms with van der Waals surface area (Å²) >= 11 is 0. The van der Waals surface area contributed by atoms with Gasteiger partial charge in [0.1, 0.15) is 11.9 Å². The number of methoxy groups -OCH3 is 1. The van der Waals surface area contributed by atoms with Gasteiger partial charge in [0.25, 0.3) is 5.91 Å². The first-order valence-corrected chi connectivity index (χ1v) is 8.68. The van der Waals surface area contributed by atoms with Crippen LogP contribution in [0.2, 0.25) is 0 Å². The molecule has 6 nitrogen and oxygen atoms in total. The molecule has 0 aromatic carbocycles. The molecule has 1 fully saturated rings. The summed E-state index contributed by atoms with van der Waals surface area (Å²) in [5.41, 5.74) is 2.44. The molecule has 1 amide bonds. The van der Waals surface area contributed by atoms with Crippen LogP contribution >= 0.6 is 0 Å². The van der Waals surface area contributed by atoms with Crippen molar-refractivity contribution in [2.24, 2.45) is 0 Å². The highest BCUT2D eigenvalue weighted by Gasteiger charge is 2.34. The van der Waals surface area contributed by atoms with Gasteiger partial charge in [0, 0.05) is 32.2 Å². The average Bonchev–Trinajstić information content (AvgIpc) is 2.91. The van der Waals surface area contributed by atoms with E-state index in [0.29, 0.717) is 51.2 Å². The molecule has 2 aliphatic heterocycles. The van der Waals surface area contributed by atoms with Crippen LogP contribution in [-0.4, -0.2) is 59.7 Å². The predicted octanol–water partition coefficient (Wildman–Crippen LogP) is 2.13. The first-order chi connectivity index (χ1) is 11.5. The van der Waals surface area contributed by atoms with Gasteiger partial charge in [0.2, 0.25) is 0 Å². The number of halogens is 1. The Morgan fingerprint density at radius 2 is 2.08 bits per heavy atom. The third-order valence-corrected chi connectivity index (χ3v) is 4.82. The second-order valence-corrected chi connectivity index (χ2v) is 6.69. The highest BCUT2D eigenvalue weighted by molar-refractivity contribution is 5.94. The number of ether oxygens (including phenoxy) is 2. The Bertz CT molecular complexity index is 596. The molecule has 134 valence electrons. The molecular weight excluding hydrogens is 313 g/mol. The lowest BCUT2D eigenvalue weighted by Gasteiger charge is -2.30. The van der Waals surface area contributed by atoms with E-state index in [4.69, 9.17) is 9.47 Å². The lowest BCUT2D eigenvalue weighted by molar-refractivity contribution is -0.00721. The van der Waals surface area contributed by atoms with Crippen molar-refractivity contribution < 1.29 is 18.7 Å². The zero-order chi connectivity index (χ0) is 17.3. The minimum absolute atomic E-state index is 0.0481. The number of rotatable bonds is 4. The standard InChI is InChI=1S/C17H26FN3O3/c1-11-10-14-15(12(2)24-11)19-21(8-9-23-3)16(14)17(22)20-6-4-13(18)5-7-20/h11-13H,4-10H2,1-3H3/t11-,12+/m0/s1. The molecule has 1 aromatic rings. The molecule has 0 unspecified atom stereocenters. The number of fused-ring (bicyclic) bond motifs is 1. The predicted molar refractivity (Wildman–Crippen MR) is 86.8 cm³/mol. The summed E-state index contributed by atoms with van der Waals surface area (Å²) < 4.78 is 26.1. The van der Waals surface area contributed by atoms with E-state index in [0.717, 1.165) is 11.3 Å². The molecule has 0 saturated carbocycles. The number of hydrogen-bond donors (Lipinski definition) is 0. The van der Waals surface area contributed by atoms with E-state index in [-0.39, 0.29) is 18.1 Å². The maximum absolute atomic E-state index is 13.4. The van der Waals surface area contributed by atoms with Crippen LogP contribution in [0.4, 0.5) is 4.39 Å². The first kappa shape index (κ1) is 17.4. The van der Waals surface area contributed by atoms with Crippen LogP contribution in [0, 0.1) is 0 Å². The van der Waals surface area contributed by atoms with Crippen LogP contribution in [0.3, 0.4) is 0 Å². The molecule has 0 radical (unpaired) electrons. The normalized spacial score (nSPS) is 24.9. The van der Waals surface area contributed by atoms with Gasteiger partial charge in [-0.05, 0) is 26.7 Å². The molecule has 0 bridgehead atoms. The van der Waals surface area contributed by atoms with Gasteiger partial charge in [-0.3, -0.25) is 9.48 Å². The van der Waals surface area contributed by atoms with Crippen molar-refractivity contribution in [3.8, 4) is 0 Å². The van der Waals surface area contributed by atoms with E-state index >= 15 is 0 Å². The smallest absolute Gasteiger partial charge is 0.272 e. The number of hydrogen-bond acceptors (Lipinski definition) is 4. The lowest BCUT2D eigenvalue weighted by Crippen LogP contribution is -2.40. The van der Waals surface area contributed by atoms with Gasteiger partial charge in [-0.25, -0.2) is 4.39 Å². The fourth-order valence-electron chi connectivity index (χ4n) is 3.57. The highest BCUT2D eigenvalue weighted by atomic mass is 19.1. The second-order valence-electron chi connectivity index (χ2n) is 6.69. The van der Waals surface area contributed by atoms with Crippen molar-refractivity contribution in [2.45, 2.75) is 58.0 Å². The van der Waals surface area contributed by atoms with Crippen molar-refractivity contribution in [3.63, 3.8) is 0 Å². The third-order valence-electron chi connectivity index (χ3n) is 4.82. The van der Waals surface area contributed by atoms with Gasteiger partial charge >= 0.3 is 0 Å². The molecule has 3 rings (SSSR count). The molecule has 0 N–H and O–H groups in total. The van der Waals surface area contributed by atoms with Gasteiger partial charge < -0.3 is 14.4 Å². The molecule has 2 aliphatic rings. The quantitative estimate of drug-likeness (QED) is 0.843. The van der Waals surface area contributed by atoms with Gasteiger partial charge in [-0.2, -0.15) is 5.10 Å². The summed E-state index contributed by atoms with van der Waals surface area (Å²) in [5.74, 6) is -0.0481. The summed E-state index contributed by atoms with van der Waals surface area (Å²) in [6.45, 7) is 5.90. The van der Waals surface area contributed by atoms with E-state index < -0.39 is 6.17 Å². The van der Waals surface area contributed by atoms with Crippen LogP contribution in [0.15, 0.2) is 0 Å². The molecule has 1 saturated heterocycles. The van der Waals surface area contributed by atoms with Crippen LogP contribution in [0.5, 0.6) is 0 Å². The number of piperidine rings is 1. The Balaban J connectivity index is 1.93. The van der Waals surface area contributed by atoms with Crippen LogP contribution < -0.4 is 0 Å². The van der Waals surface area contributed by atoms with E-state index in [1.54, 1.807) is 16.7 Å². The van der Waals surface area contributed by atoms with E-state index in [9.17, 15) is 9.18 Å². The Hall–Kier alpha value is -1.47. The molecular formula is C17H26FN3O3. The number of aromatic nitrogens is 2. The molecule has 1 aromatic heterocycles. The number of carbonyl (C=O) groups excluding carboxylic acids is 1. The van der Waals surface area contributed by atoms with Crippen molar-refractivity contribution in [3.05, 3.63) is 17.0 Å². The van der Waals surface area contributed by atoms with Crippen molar-refractivity contribution in [2.75, 3.05) is 26.8 Å². The van der Waals surface area contributed by atoms with E-state index in [2.05, 4.69) is 5.10 Å². The molecule has 0 spiro atoms. The monoisotopic (exact) mass is 339 g/mol. The second kappa shape index (κ2) is 7.19. The summed E-state index contributed by atoms with van der Waals surface area (Å²) in [6.07, 6.45) is 0.626. The van der Waals surface area contributed by atoms with Gasteiger partial charge in [0.05, 0.1) is 31.1 Å². The minimum atomic E-state index is -0.796. The SMILES string of the molecule is COCCn1nc2c(c1C(=O)N1CCC(F)CC1)C[C@H](C)O[C@@H]2C. The molecule has 3 heterocycles. The average molecular weight is 339 g/mol. The number of alkyl halides is 1.